The Morgan fingerprint density at radius 3 is 2.59 bits per heavy atom. The zero-order valence-electron chi connectivity index (χ0n) is 15.5. The number of likely N-dealkylation sites (tertiary alicyclic amines) is 1. The van der Waals surface area contributed by atoms with Crippen molar-refractivity contribution in [2.24, 2.45) is 0 Å². The molecule has 1 atom stereocenters. The third-order valence-corrected chi connectivity index (χ3v) is 7.04. The highest BCUT2D eigenvalue weighted by Gasteiger charge is 2.29. The molecule has 0 bridgehead atoms. The predicted octanol–water partition coefficient (Wildman–Crippen LogP) is 4.27. The van der Waals surface area contributed by atoms with Gasteiger partial charge in [-0.05, 0) is 47.6 Å². The molecule has 158 valence electrons. The van der Waals surface area contributed by atoms with Gasteiger partial charge >= 0.3 is 0 Å². The lowest BCUT2D eigenvalue weighted by Crippen LogP contribution is -2.21. The molecule has 0 aliphatic carbocycles. The van der Waals surface area contributed by atoms with Crippen LogP contribution in [0, 0.1) is 11.6 Å². The van der Waals surface area contributed by atoms with Crippen LogP contribution in [0.1, 0.15) is 6.42 Å². The normalized spacial score (nSPS) is 17.4. The van der Waals surface area contributed by atoms with Crippen molar-refractivity contribution < 1.29 is 26.7 Å². The summed E-state index contributed by atoms with van der Waals surface area (Å²) in [6, 6.07) is 5.32. The van der Waals surface area contributed by atoms with Crippen molar-refractivity contribution in [1.29, 1.82) is 0 Å². The molecular weight excluding hydrogens is 494 g/mol. The number of methoxy groups -OCH3 is 1. The first-order valence-electron chi connectivity index (χ1n) is 8.51. The maximum atomic E-state index is 14.4. The Kier molecular flexibility index (Phi) is 6.57. The van der Waals surface area contributed by atoms with Gasteiger partial charge in [-0.25, -0.2) is 12.8 Å². The number of hydrogen-bond acceptors (Lipinski definition) is 5. The number of nitrogens with one attached hydrogen (secondary N) is 1. The van der Waals surface area contributed by atoms with Gasteiger partial charge in [0.1, 0.15) is 16.7 Å². The quantitative estimate of drug-likeness (QED) is 0.587. The highest BCUT2D eigenvalue weighted by atomic mass is 79.9. The number of likely N-dealkylation sites (N-methyl/N-ethyl adjacent to an activating group) is 1. The van der Waals surface area contributed by atoms with Crippen LogP contribution in [0.4, 0.5) is 14.5 Å². The van der Waals surface area contributed by atoms with E-state index >= 15 is 0 Å². The smallest absolute Gasteiger partial charge is 0.266 e. The average molecular weight is 512 g/mol. The zero-order valence-corrected chi connectivity index (χ0v) is 18.7. The van der Waals surface area contributed by atoms with Crippen LogP contribution in [0.5, 0.6) is 11.5 Å². The van der Waals surface area contributed by atoms with E-state index in [2.05, 4.69) is 25.6 Å². The molecule has 2 aromatic rings. The molecule has 11 heteroatoms. The topological polar surface area (TPSA) is 67.9 Å². The minimum Gasteiger partial charge on any atom is -0.494 e. The van der Waals surface area contributed by atoms with Crippen LogP contribution in [0.25, 0.3) is 0 Å². The maximum Gasteiger partial charge on any atom is 0.266 e. The minimum atomic E-state index is -4.46. The largest absolute Gasteiger partial charge is 0.494 e. The van der Waals surface area contributed by atoms with E-state index in [0.29, 0.717) is 10.8 Å². The number of sulfonamides is 1. The number of hydrogen-bond donors (Lipinski definition) is 1. The summed E-state index contributed by atoms with van der Waals surface area (Å²) >= 11 is 9.11. The van der Waals surface area contributed by atoms with Crippen LogP contribution >= 0.6 is 27.5 Å². The van der Waals surface area contributed by atoms with E-state index in [9.17, 15) is 17.2 Å². The number of ether oxygens (including phenoxy) is 2. The van der Waals surface area contributed by atoms with Gasteiger partial charge in [-0.15, -0.1) is 0 Å². The molecule has 1 fully saturated rings. The van der Waals surface area contributed by atoms with Gasteiger partial charge in [0.05, 0.1) is 17.8 Å². The highest BCUT2D eigenvalue weighted by molar-refractivity contribution is 9.10. The second kappa shape index (κ2) is 8.63. The molecule has 0 aromatic heterocycles. The van der Waals surface area contributed by atoms with Gasteiger partial charge in [0, 0.05) is 23.6 Å². The monoisotopic (exact) mass is 510 g/mol. The molecule has 1 aliphatic rings. The Balaban J connectivity index is 1.90. The molecule has 1 unspecified atom stereocenters. The van der Waals surface area contributed by atoms with Crippen molar-refractivity contribution in [3.63, 3.8) is 0 Å². The summed E-state index contributed by atoms with van der Waals surface area (Å²) in [7, 11) is -1.35. The van der Waals surface area contributed by atoms with Gasteiger partial charge in [0.25, 0.3) is 10.0 Å². The number of rotatable bonds is 6. The van der Waals surface area contributed by atoms with E-state index in [1.807, 2.05) is 7.05 Å². The lowest BCUT2D eigenvalue weighted by Gasteiger charge is -2.17. The fourth-order valence-electron chi connectivity index (χ4n) is 2.99. The molecule has 0 saturated carbocycles. The van der Waals surface area contributed by atoms with Gasteiger partial charge in [-0.1, -0.05) is 11.6 Å². The van der Waals surface area contributed by atoms with Crippen LogP contribution in [0.15, 0.2) is 33.6 Å². The lowest BCUT2D eigenvalue weighted by atomic mass is 10.3. The van der Waals surface area contributed by atoms with Crippen molar-refractivity contribution in [1.82, 2.24) is 4.90 Å². The lowest BCUT2D eigenvalue weighted by molar-refractivity contribution is 0.208. The summed E-state index contributed by atoms with van der Waals surface area (Å²) in [4.78, 5) is 1.23. The predicted molar refractivity (Wildman–Crippen MR) is 109 cm³/mol. The molecule has 0 spiro atoms. The van der Waals surface area contributed by atoms with Gasteiger partial charge in [0.2, 0.25) is 5.82 Å². The van der Waals surface area contributed by atoms with Gasteiger partial charge in [-0.2, -0.15) is 4.39 Å². The summed E-state index contributed by atoms with van der Waals surface area (Å²) in [5.74, 6) is -3.07. The second-order valence-corrected chi connectivity index (χ2v) is 9.44. The zero-order chi connectivity index (χ0) is 21.3. The van der Waals surface area contributed by atoms with E-state index in [1.165, 1.54) is 18.2 Å². The summed E-state index contributed by atoms with van der Waals surface area (Å²) in [5, 5.41) is 0.311. The Bertz CT molecular complexity index is 1040. The van der Waals surface area contributed by atoms with Crippen molar-refractivity contribution in [2.75, 3.05) is 32.0 Å². The SMILES string of the molecule is COc1cc(Br)c(S(=O)(=O)Nc2ccc(Cl)c(OC3CCN(C)C3)c2)c(F)c1F. The number of nitrogens with zero attached hydrogens (tertiary/aromatic N) is 1. The fourth-order valence-corrected chi connectivity index (χ4v) is 5.35. The van der Waals surface area contributed by atoms with Crippen molar-refractivity contribution in [2.45, 2.75) is 17.4 Å². The maximum absolute atomic E-state index is 14.4. The van der Waals surface area contributed by atoms with Crippen LogP contribution in [0.2, 0.25) is 5.02 Å². The Morgan fingerprint density at radius 1 is 1.24 bits per heavy atom. The van der Waals surface area contributed by atoms with E-state index in [0.717, 1.165) is 32.7 Å². The Hall–Kier alpha value is -1.62. The number of halogens is 4. The average Bonchev–Trinajstić information content (AvgIpc) is 3.05. The third kappa shape index (κ3) is 4.76. The molecule has 0 amide bonds. The summed E-state index contributed by atoms with van der Waals surface area (Å²) in [6.07, 6.45) is 0.734. The second-order valence-electron chi connectivity index (χ2n) is 6.56. The molecule has 1 saturated heterocycles. The minimum absolute atomic E-state index is 0.0772. The van der Waals surface area contributed by atoms with E-state index < -0.39 is 32.3 Å². The summed E-state index contributed by atoms with van der Waals surface area (Å²) in [5.41, 5.74) is 0.0956. The molecule has 1 heterocycles. The molecule has 29 heavy (non-hydrogen) atoms. The van der Waals surface area contributed by atoms with Gasteiger partial charge in [-0.3, -0.25) is 4.72 Å². The van der Waals surface area contributed by atoms with Gasteiger partial charge < -0.3 is 14.4 Å². The Morgan fingerprint density at radius 2 is 1.97 bits per heavy atom. The summed E-state index contributed by atoms with van der Waals surface area (Å²) < 4.78 is 66.5. The summed E-state index contributed by atoms with van der Waals surface area (Å²) in [6.45, 7) is 1.60. The number of benzene rings is 2. The molecule has 1 aliphatic heterocycles. The van der Waals surface area contributed by atoms with Crippen LogP contribution in [0.3, 0.4) is 0 Å². The molecule has 6 nitrogen and oxygen atoms in total. The molecule has 3 rings (SSSR count). The van der Waals surface area contributed by atoms with E-state index in [1.54, 1.807) is 0 Å². The van der Waals surface area contributed by atoms with Crippen molar-refractivity contribution >= 4 is 43.2 Å². The van der Waals surface area contributed by atoms with Crippen molar-refractivity contribution in [3.05, 3.63) is 45.4 Å². The van der Waals surface area contributed by atoms with Crippen LogP contribution in [-0.4, -0.2) is 46.7 Å². The first kappa shape index (κ1) is 22.1. The molecule has 0 radical (unpaired) electrons. The highest BCUT2D eigenvalue weighted by Crippen LogP contribution is 2.35. The first-order chi connectivity index (χ1) is 13.6. The van der Waals surface area contributed by atoms with E-state index in [-0.39, 0.29) is 16.3 Å². The van der Waals surface area contributed by atoms with Crippen LogP contribution < -0.4 is 14.2 Å². The molecular formula is C18H18BrClF2N2O4S. The third-order valence-electron chi connectivity index (χ3n) is 4.40. The fraction of sp³-hybridized carbons (Fsp3) is 0.333. The van der Waals surface area contributed by atoms with Crippen LogP contribution in [-0.2, 0) is 10.0 Å². The Labute approximate surface area is 180 Å². The first-order valence-corrected chi connectivity index (χ1v) is 11.2. The van der Waals surface area contributed by atoms with E-state index in [4.69, 9.17) is 21.1 Å². The molecule has 2 aromatic carbocycles. The van der Waals surface area contributed by atoms with Crippen molar-refractivity contribution in [3.8, 4) is 11.5 Å². The van der Waals surface area contributed by atoms with Gasteiger partial charge in [0.15, 0.2) is 11.6 Å². The standard InChI is InChI=1S/C18H18BrClF2N2O4S/c1-24-6-5-11(9-24)28-14-7-10(3-4-13(14)20)23-29(25,26)18-12(19)8-15(27-2)16(21)17(18)22/h3-4,7-8,11,23H,5-6,9H2,1-2H3. The number of anilines is 1. The molecule has 1 N–H and O–H groups in total.